The third-order valence-corrected chi connectivity index (χ3v) is 6.79. The number of fused-ring (bicyclic) bond motifs is 1. The van der Waals surface area contributed by atoms with Crippen LogP contribution in [0.1, 0.15) is 41.6 Å². The van der Waals surface area contributed by atoms with Crippen molar-refractivity contribution in [2.45, 2.75) is 51.7 Å². The molecule has 0 spiro atoms. The first-order valence-electron chi connectivity index (χ1n) is 10.9. The van der Waals surface area contributed by atoms with E-state index in [1.165, 1.54) is 60.6 Å². The maximum Gasteiger partial charge on any atom is 0.135 e. The van der Waals surface area contributed by atoms with Gasteiger partial charge in [0.25, 0.3) is 0 Å². The van der Waals surface area contributed by atoms with Crippen LogP contribution in [0.15, 0.2) is 30.6 Å². The second-order valence-electron chi connectivity index (χ2n) is 8.68. The van der Waals surface area contributed by atoms with Crippen molar-refractivity contribution in [3.8, 4) is 0 Å². The second kappa shape index (κ2) is 7.80. The van der Waals surface area contributed by atoms with Crippen LogP contribution in [0.2, 0.25) is 0 Å². The molecule has 1 aromatic heterocycles. The van der Waals surface area contributed by atoms with Crippen LogP contribution < -0.4 is 4.90 Å². The number of anilines is 1. The summed E-state index contributed by atoms with van der Waals surface area (Å²) >= 11 is 0. The van der Waals surface area contributed by atoms with Gasteiger partial charge in [0.15, 0.2) is 0 Å². The van der Waals surface area contributed by atoms with E-state index in [0.29, 0.717) is 0 Å². The van der Waals surface area contributed by atoms with E-state index >= 15 is 0 Å². The van der Waals surface area contributed by atoms with E-state index in [4.69, 9.17) is 4.98 Å². The Kier molecular flexibility index (Phi) is 5.03. The van der Waals surface area contributed by atoms with Gasteiger partial charge in [0, 0.05) is 57.4 Å². The van der Waals surface area contributed by atoms with Gasteiger partial charge in [-0.3, -0.25) is 9.80 Å². The Labute approximate surface area is 168 Å². The lowest BCUT2D eigenvalue weighted by Gasteiger charge is -2.43. The first-order chi connectivity index (χ1) is 13.8. The first kappa shape index (κ1) is 18.1. The molecule has 2 fully saturated rings. The lowest BCUT2D eigenvalue weighted by Crippen LogP contribution is -2.52. The summed E-state index contributed by atoms with van der Waals surface area (Å²) in [6.07, 6.45) is 7.06. The molecule has 5 rings (SSSR count). The normalized spacial score (nSPS) is 21.4. The van der Waals surface area contributed by atoms with E-state index in [9.17, 15) is 0 Å². The van der Waals surface area contributed by atoms with Crippen LogP contribution in [0, 0.1) is 6.92 Å². The highest BCUT2D eigenvalue weighted by molar-refractivity contribution is 5.50. The fraction of sp³-hybridized carbons (Fsp3) is 0.565. The summed E-state index contributed by atoms with van der Waals surface area (Å²) in [5.41, 5.74) is 5.32. The van der Waals surface area contributed by atoms with Crippen molar-refractivity contribution in [3.63, 3.8) is 0 Å². The third-order valence-electron chi connectivity index (χ3n) is 6.79. The van der Waals surface area contributed by atoms with Crippen molar-refractivity contribution in [1.82, 2.24) is 19.8 Å². The monoisotopic (exact) mass is 377 g/mol. The van der Waals surface area contributed by atoms with Gasteiger partial charge in [-0.05, 0) is 31.7 Å². The third kappa shape index (κ3) is 3.65. The summed E-state index contributed by atoms with van der Waals surface area (Å²) in [5, 5.41) is 0. The Morgan fingerprint density at radius 1 is 0.964 bits per heavy atom. The largest absolute Gasteiger partial charge is 0.354 e. The van der Waals surface area contributed by atoms with Gasteiger partial charge in [-0.25, -0.2) is 9.97 Å². The summed E-state index contributed by atoms with van der Waals surface area (Å²) in [4.78, 5) is 17.1. The molecular weight excluding hydrogens is 346 g/mol. The zero-order chi connectivity index (χ0) is 18.9. The number of piperazine rings is 1. The maximum absolute atomic E-state index is 4.72. The summed E-state index contributed by atoms with van der Waals surface area (Å²) in [6, 6.07) is 9.76. The van der Waals surface area contributed by atoms with E-state index in [0.717, 1.165) is 45.2 Å². The molecular formula is C23H31N5. The van der Waals surface area contributed by atoms with Crippen molar-refractivity contribution in [1.29, 1.82) is 0 Å². The first-order valence-corrected chi connectivity index (χ1v) is 10.9. The molecule has 1 saturated carbocycles. The van der Waals surface area contributed by atoms with Crippen LogP contribution in [0.4, 0.5) is 5.82 Å². The number of rotatable bonds is 4. The summed E-state index contributed by atoms with van der Waals surface area (Å²) < 4.78 is 0. The summed E-state index contributed by atoms with van der Waals surface area (Å²) in [6.45, 7) is 9.74. The molecule has 5 nitrogen and oxygen atoms in total. The van der Waals surface area contributed by atoms with Gasteiger partial charge >= 0.3 is 0 Å². The average molecular weight is 378 g/mol. The second-order valence-corrected chi connectivity index (χ2v) is 8.68. The molecule has 0 atom stereocenters. The molecule has 0 amide bonds. The average Bonchev–Trinajstić information content (AvgIpc) is 2.68. The minimum absolute atomic E-state index is 0.858. The molecule has 148 valence electrons. The van der Waals surface area contributed by atoms with Gasteiger partial charge in [0.05, 0.1) is 5.69 Å². The van der Waals surface area contributed by atoms with Crippen LogP contribution >= 0.6 is 0 Å². The smallest absolute Gasteiger partial charge is 0.135 e. The van der Waals surface area contributed by atoms with Crippen LogP contribution in [0.3, 0.4) is 0 Å². The molecule has 3 aliphatic rings. The number of hydrogen-bond donors (Lipinski definition) is 0. The fourth-order valence-electron chi connectivity index (χ4n) is 4.80. The molecule has 3 heterocycles. The summed E-state index contributed by atoms with van der Waals surface area (Å²) in [7, 11) is 0. The van der Waals surface area contributed by atoms with Crippen LogP contribution in [0.5, 0.6) is 0 Å². The Morgan fingerprint density at radius 3 is 2.46 bits per heavy atom. The number of aromatic nitrogens is 2. The van der Waals surface area contributed by atoms with Crippen molar-refractivity contribution in [2.75, 3.05) is 37.6 Å². The van der Waals surface area contributed by atoms with Crippen LogP contribution in [-0.4, -0.2) is 58.5 Å². The van der Waals surface area contributed by atoms with Gasteiger partial charge in [0.1, 0.15) is 12.1 Å². The number of hydrogen-bond acceptors (Lipinski definition) is 5. The zero-order valence-corrected chi connectivity index (χ0v) is 17.0. The highest BCUT2D eigenvalue weighted by Crippen LogP contribution is 2.29. The summed E-state index contributed by atoms with van der Waals surface area (Å²) in [5.74, 6) is 1.20. The molecule has 2 aromatic rings. The van der Waals surface area contributed by atoms with Crippen LogP contribution in [0.25, 0.3) is 0 Å². The molecule has 0 unspecified atom stereocenters. The SMILES string of the molecule is Cc1ccc(CN2CCc3c(ncnc3N3CCN(C4CCC4)CC3)C2)cc1. The highest BCUT2D eigenvalue weighted by Gasteiger charge is 2.30. The number of aryl methyl sites for hydroxylation is 1. The molecule has 1 aliphatic carbocycles. The molecule has 0 bridgehead atoms. The lowest BCUT2D eigenvalue weighted by molar-refractivity contribution is 0.120. The number of benzene rings is 1. The molecule has 5 heteroatoms. The fourth-order valence-corrected chi connectivity index (χ4v) is 4.80. The van der Waals surface area contributed by atoms with E-state index in [1.807, 2.05) is 0 Å². The van der Waals surface area contributed by atoms with Gasteiger partial charge in [-0.1, -0.05) is 36.2 Å². The standard InChI is InChI=1S/C23H31N5/c1-18-5-7-19(8-6-18)15-26-10-9-21-22(16-26)24-17-25-23(21)28-13-11-27(12-14-28)20-3-2-4-20/h5-8,17,20H,2-4,9-16H2,1H3. The molecule has 0 N–H and O–H groups in total. The van der Waals surface area contributed by atoms with Gasteiger partial charge < -0.3 is 4.90 Å². The Bertz CT molecular complexity index is 806. The molecule has 1 saturated heterocycles. The predicted molar refractivity (Wildman–Crippen MR) is 112 cm³/mol. The van der Waals surface area contributed by atoms with Crippen molar-refractivity contribution < 1.29 is 0 Å². The van der Waals surface area contributed by atoms with Crippen molar-refractivity contribution >= 4 is 5.82 Å². The van der Waals surface area contributed by atoms with Crippen molar-refractivity contribution in [2.24, 2.45) is 0 Å². The zero-order valence-electron chi connectivity index (χ0n) is 17.0. The molecule has 1 aromatic carbocycles. The molecule has 2 aliphatic heterocycles. The lowest BCUT2D eigenvalue weighted by atomic mass is 9.91. The topological polar surface area (TPSA) is 35.5 Å². The van der Waals surface area contributed by atoms with E-state index in [-0.39, 0.29) is 0 Å². The highest BCUT2D eigenvalue weighted by atomic mass is 15.3. The minimum Gasteiger partial charge on any atom is -0.354 e. The minimum atomic E-state index is 0.858. The van der Waals surface area contributed by atoms with Gasteiger partial charge in [-0.15, -0.1) is 0 Å². The van der Waals surface area contributed by atoms with E-state index < -0.39 is 0 Å². The molecule has 0 radical (unpaired) electrons. The van der Waals surface area contributed by atoms with Gasteiger partial charge in [0.2, 0.25) is 0 Å². The van der Waals surface area contributed by atoms with Crippen LogP contribution in [-0.2, 0) is 19.5 Å². The van der Waals surface area contributed by atoms with E-state index in [1.54, 1.807) is 6.33 Å². The Balaban J connectivity index is 1.25. The number of nitrogens with zero attached hydrogens (tertiary/aromatic N) is 5. The van der Waals surface area contributed by atoms with Gasteiger partial charge in [-0.2, -0.15) is 0 Å². The van der Waals surface area contributed by atoms with Crippen molar-refractivity contribution in [3.05, 3.63) is 53.0 Å². The van der Waals surface area contributed by atoms with E-state index in [2.05, 4.69) is 50.9 Å². The quantitative estimate of drug-likeness (QED) is 0.818. The maximum atomic E-state index is 4.72. The Morgan fingerprint density at radius 2 is 1.75 bits per heavy atom. The molecule has 28 heavy (non-hydrogen) atoms. The predicted octanol–water partition coefficient (Wildman–Crippen LogP) is 3.02. The Hall–Kier alpha value is -1.98.